The Hall–Kier alpha value is -1.64. The van der Waals surface area contributed by atoms with Crippen LogP contribution in [0.15, 0.2) is 24.3 Å². The molecule has 1 aliphatic rings. The van der Waals surface area contributed by atoms with Crippen LogP contribution in [0.2, 0.25) is 0 Å². The smallest absolute Gasteiger partial charge is 0.221 e. The first-order chi connectivity index (χ1) is 10.9. The minimum Gasteiger partial charge on any atom is -0.369 e. The van der Waals surface area contributed by atoms with E-state index in [0.717, 1.165) is 17.5 Å². The first-order valence-corrected chi connectivity index (χ1v) is 8.75. The molecular formula is C20H29NO2. The zero-order valence-electron chi connectivity index (χ0n) is 14.5. The van der Waals surface area contributed by atoms with Gasteiger partial charge in [-0.25, -0.2) is 0 Å². The number of Topliss-reactive ketones (excluding diaryl/α,β-unsaturated/α-hetero) is 1. The third kappa shape index (κ3) is 4.92. The molecule has 0 bridgehead atoms. The van der Waals surface area contributed by atoms with Gasteiger partial charge in [0.2, 0.25) is 5.91 Å². The van der Waals surface area contributed by atoms with Gasteiger partial charge in [0.15, 0.2) is 0 Å². The van der Waals surface area contributed by atoms with Crippen LogP contribution < -0.4 is 5.73 Å². The van der Waals surface area contributed by atoms with E-state index in [2.05, 4.69) is 20.8 Å². The number of hydrogen-bond donors (Lipinski definition) is 1. The van der Waals surface area contributed by atoms with E-state index in [1.165, 1.54) is 12.8 Å². The average molecular weight is 315 g/mol. The third-order valence-corrected chi connectivity index (χ3v) is 5.22. The summed E-state index contributed by atoms with van der Waals surface area (Å²) in [4.78, 5) is 23.8. The van der Waals surface area contributed by atoms with Gasteiger partial charge in [-0.2, -0.15) is 0 Å². The van der Waals surface area contributed by atoms with Gasteiger partial charge in [-0.05, 0) is 41.7 Å². The van der Waals surface area contributed by atoms with Gasteiger partial charge in [0, 0.05) is 12.3 Å². The summed E-state index contributed by atoms with van der Waals surface area (Å²) in [5.41, 5.74) is 7.14. The maximum Gasteiger partial charge on any atom is 0.221 e. The summed E-state index contributed by atoms with van der Waals surface area (Å²) < 4.78 is 0. The largest absolute Gasteiger partial charge is 0.369 e. The van der Waals surface area contributed by atoms with Gasteiger partial charge in [-0.15, -0.1) is 0 Å². The molecule has 1 saturated carbocycles. The van der Waals surface area contributed by atoms with Crippen LogP contribution in [-0.2, 0) is 22.4 Å². The summed E-state index contributed by atoms with van der Waals surface area (Å²) >= 11 is 0. The Morgan fingerprint density at radius 1 is 1.09 bits per heavy atom. The molecule has 2 rings (SSSR count). The van der Waals surface area contributed by atoms with Crippen molar-refractivity contribution in [2.75, 3.05) is 0 Å². The number of nitrogens with two attached hydrogens (primary N) is 1. The minimum absolute atomic E-state index is 0.198. The summed E-state index contributed by atoms with van der Waals surface area (Å²) in [5.74, 6) is 1.98. The van der Waals surface area contributed by atoms with Crippen molar-refractivity contribution in [3.05, 3.63) is 35.4 Å². The lowest BCUT2D eigenvalue weighted by Crippen LogP contribution is -2.34. The van der Waals surface area contributed by atoms with Crippen LogP contribution in [0.3, 0.4) is 0 Å². The maximum atomic E-state index is 12.8. The molecule has 1 amide bonds. The van der Waals surface area contributed by atoms with Crippen LogP contribution in [0, 0.1) is 23.7 Å². The fourth-order valence-electron chi connectivity index (χ4n) is 3.88. The number of carbonyl (C=O) groups is 2. The highest BCUT2D eigenvalue weighted by atomic mass is 16.1. The number of amides is 1. The van der Waals surface area contributed by atoms with E-state index in [1.807, 2.05) is 24.3 Å². The molecule has 3 heteroatoms. The molecule has 1 aromatic carbocycles. The van der Waals surface area contributed by atoms with Crippen LogP contribution in [0.25, 0.3) is 0 Å². The van der Waals surface area contributed by atoms with Crippen molar-refractivity contribution in [1.82, 2.24) is 0 Å². The van der Waals surface area contributed by atoms with E-state index in [9.17, 15) is 9.59 Å². The Morgan fingerprint density at radius 2 is 1.65 bits per heavy atom. The van der Waals surface area contributed by atoms with Crippen molar-refractivity contribution in [3.63, 3.8) is 0 Å². The molecular weight excluding hydrogens is 286 g/mol. The zero-order valence-corrected chi connectivity index (χ0v) is 14.5. The lowest BCUT2D eigenvalue weighted by atomic mass is 9.68. The molecule has 1 fully saturated rings. The Kier molecular flexibility index (Phi) is 5.97. The first-order valence-electron chi connectivity index (χ1n) is 8.75. The summed E-state index contributed by atoms with van der Waals surface area (Å²) in [6, 6.07) is 7.70. The second kappa shape index (κ2) is 7.76. The van der Waals surface area contributed by atoms with Gasteiger partial charge in [0.05, 0.1) is 6.42 Å². The average Bonchev–Trinajstić information content (AvgIpc) is 2.48. The van der Waals surface area contributed by atoms with E-state index < -0.39 is 0 Å². The number of primary amides is 1. The normalized spacial score (nSPS) is 24.6. The molecule has 1 aliphatic carbocycles. The molecule has 0 aliphatic heterocycles. The molecule has 2 N–H and O–H groups in total. The van der Waals surface area contributed by atoms with Crippen molar-refractivity contribution < 1.29 is 9.59 Å². The van der Waals surface area contributed by atoms with E-state index in [4.69, 9.17) is 5.73 Å². The summed E-state index contributed by atoms with van der Waals surface area (Å²) in [7, 11) is 0. The molecule has 3 nitrogen and oxygen atoms in total. The Balaban J connectivity index is 2.03. The third-order valence-electron chi connectivity index (χ3n) is 5.22. The van der Waals surface area contributed by atoms with Crippen molar-refractivity contribution in [3.8, 4) is 0 Å². The van der Waals surface area contributed by atoms with Crippen molar-refractivity contribution in [2.24, 2.45) is 29.4 Å². The number of benzene rings is 1. The lowest BCUT2D eigenvalue weighted by molar-refractivity contribution is -0.126. The van der Waals surface area contributed by atoms with Gasteiger partial charge in [-0.1, -0.05) is 51.5 Å². The molecule has 3 atom stereocenters. The van der Waals surface area contributed by atoms with Crippen molar-refractivity contribution in [1.29, 1.82) is 0 Å². The molecule has 0 radical (unpaired) electrons. The highest BCUT2D eigenvalue weighted by molar-refractivity contribution is 5.83. The summed E-state index contributed by atoms with van der Waals surface area (Å²) in [6.45, 7) is 6.73. The van der Waals surface area contributed by atoms with Crippen LogP contribution in [-0.4, -0.2) is 11.7 Å². The number of hydrogen-bond acceptors (Lipinski definition) is 2. The van der Waals surface area contributed by atoms with Gasteiger partial charge < -0.3 is 5.73 Å². The van der Waals surface area contributed by atoms with E-state index >= 15 is 0 Å². The fraction of sp³-hybridized carbons (Fsp3) is 0.600. The molecule has 23 heavy (non-hydrogen) atoms. The van der Waals surface area contributed by atoms with Crippen molar-refractivity contribution >= 4 is 11.7 Å². The Bertz CT molecular complexity index is 547. The fourth-order valence-corrected chi connectivity index (χ4v) is 3.88. The van der Waals surface area contributed by atoms with E-state index in [-0.39, 0.29) is 18.2 Å². The number of ketones is 1. The van der Waals surface area contributed by atoms with E-state index in [0.29, 0.717) is 30.0 Å². The van der Waals surface area contributed by atoms with Crippen LogP contribution >= 0.6 is 0 Å². The van der Waals surface area contributed by atoms with Gasteiger partial charge in [-0.3, -0.25) is 9.59 Å². The van der Waals surface area contributed by atoms with Crippen LogP contribution in [0.1, 0.15) is 51.2 Å². The monoisotopic (exact) mass is 315 g/mol. The molecule has 0 saturated heterocycles. The molecule has 126 valence electrons. The maximum absolute atomic E-state index is 12.8. The van der Waals surface area contributed by atoms with Gasteiger partial charge >= 0.3 is 0 Å². The van der Waals surface area contributed by atoms with Crippen LogP contribution in [0.4, 0.5) is 0 Å². The Morgan fingerprint density at radius 3 is 2.17 bits per heavy atom. The van der Waals surface area contributed by atoms with Gasteiger partial charge in [0.25, 0.3) is 0 Å². The summed E-state index contributed by atoms with van der Waals surface area (Å²) in [5, 5.41) is 0. The topological polar surface area (TPSA) is 60.2 Å². The standard InChI is InChI=1S/C20H29NO2/c1-13(2)17-9-4-14(3)10-18(17)19(22)11-15-5-7-16(8-6-15)12-20(21)23/h5-8,13-14,17-18H,4,9-12H2,1-3H3,(H2,21,23). The van der Waals surface area contributed by atoms with Gasteiger partial charge in [0.1, 0.15) is 5.78 Å². The van der Waals surface area contributed by atoms with Crippen molar-refractivity contribution in [2.45, 2.75) is 52.9 Å². The minimum atomic E-state index is -0.329. The highest BCUT2D eigenvalue weighted by Gasteiger charge is 2.34. The SMILES string of the molecule is CC1CCC(C(C)C)C(C(=O)Cc2ccc(CC(N)=O)cc2)C1. The predicted molar refractivity (Wildman–Crippen MR) is 92.9 cm³/mol. The number of rotatable bonds is 6. The number of carbonyl (C=O) groups excluding carboxylic acids is 2. The molecule has 3 unspecified atom stereocenters. The first kappa shape index (κ1) is 17.7. The second-order valence-corrected chi connectivity index (χ2v) is 7.54. The van der Waals surface area contributed by atoms with E-state index in [1.54, 1.807) is 0 Å². The molecule has 1 aromatic rings. The predicted octanol–water partition coefficient (Wildman–Crippen LogP) is 3.53. The Labute approximate surface area is 139 Å². The quantitative estimate of drug-likeness (QED) is 0.873. The summed E-state index contributed by atoms with van der Waals surface area (Å²) in [6.07, 6.45) is 4.20. The highest BCUT2D eigenvalue weighted by Crippen LogP contribution is 2.38. The van der Waals surface area contributed by atoms with Crippen LogP contribution in [0.5, 0.6) is 0 Å². The zero-order chi connectivity index (χ0) is 17.0. The second-order valence-electron chi connectivity index (χ2n) is 7.54. The lowest BCUT2D eigenvalue weighted by Gasteiger charge is -2.36. The molecule has 0 aromatic heterocycles. The molecule has 0 heterocycles. The molecule has 0 spiro atoms.